The first-order chi connectivity index (χ1) is 10.5. The monoisotopic (exact) mass is 336 g/mol. The highest BCUT2D eigenvalue weighted by molar-refractivity contribution is 5.09. The third-order valence-electron chi connectivity index (χ3n) is 6.08. The largest absolute Gasteiger partial charge is 0.383 e. The van der Waals surface area contributed by atoms with Gasteiger partial charge in [-0.3, -0.25) is 0 Å². The van der Waals surface area contributed by atoms with Crippen molar-refractivity contribution in [3.63, 3.8) is 0 Å². The van der Waals surface area contributed by atoms with Crippen LogP contribution in [0.25, 0.3) is 0 Å². The molecule has 138 valence electrons. The van der Waals surface area contributed by atoms with Crippen LogP contribution in [0.1, 0.15) is 41.5 Å². The summed E-state index contributed by atoms with van der Waals surface area (Å²) < 4.78 is 41.0. The molecule has 0 radical (unpaired) electrons. The molecule has 2 atom stereocenters. The summed E-state index contributed by atoms with van der Waals surface area (Å²) in [6.07, 6.45) is -3.01. The van der Waals surface area contributed by atoms with Gasteiger partial charge in [0.25, 0.3) is 0 Å². The lowest BCUT2D eigenvalue weighted by atomic mass is 9.67. The number of ether oxygens (including phenoxy) is 2. The second-order valence-electron chi connectivity index (χ2n) is 7.41. The maximum absolute atomic E-state index is 15.1. The highest BCUT2D eigenvalue weighted by Crippen LogP contribution is 2.48. The fourth-order valence-corrected chi connectivity index (χ4v) is 3.80. The number of hydrogen-bond acceptors (Lipinski definition) is 4. The van der Waals surface area contributed by atoms with Crippen molar-refractivity contribution in [1.82, 2.24) is 9.80 Å². The first kappa shape index (κ1) is 20.7. The van der Waals surface area contributed by atoms with Crippen LogP contribution in [0.4, 0.5) is 8.78 Å². The van der Waals surface area contributed by atoms with Crippen molar-refractivity contribution in [3.05, 3.63) is 0 Å². The summed E-state index contributed by atoms with van der Waals surface area (Å²) in [7, 11) is 3.16. The number of rotatable bonds is 8. The summed E-state index contributed by atoms with van der Waals surface area (Å²) in [5.41, 5.74) is -1.50. The molecule has 0 aliphatic carbocycles. The molecular weight excluding hydrogens is 302 g/mol. The summed E-state index contributed by atoms with van der Waals surface area (Å²) in [5.74, 6) is 0.104. The van der Waals surface area contributed by atoms with Gasteiger partial charge in [0.05, 0.1) is 17.7 Å². The van der Waals surface area contributed by atoms with Crippen LogP contribution in [-0.4, -0.2) is 67.6 Å². The van der Waals surface area contributed by atoms with Gasteiger partial charge in [-0.05, 0) is 25.7 Å². The fourth-order valence-electron chi connectivity index (χ4n) is 3.80. The molecule has 23 heavy (non-hydrogen) atoms. The van der Waals surface area contributed by atoms with Crippen molar-refractivity contribution >= 4 is 0 Å². The van der Waals surface area contributed by atoms with E-state index in [0.29, 0.717) is 19.7 Å². The normalized spacial score (nSPS) is 25.0. The van der Waals surface area contributed by atoms with E-state index >= 15 is 8.78 Å². The summed E-state index contributed by atoms with van der Waals surface area (Å²) in [4.78, 5) is 2.54. The van der Waals surface area contributed by atoms with Crippen LogP contribution < -0.4 is 0 Å². The molecule has 0 spiro atoms. The number of nitrogens with zero attached hydrogens (tertiary/aromatic N) is 2. The van der Waals surface area contributed by atoms with E-state index in [-0.39, 0.29) is 18.4 Å². The van der Waals surface area contributed by atoms with E-state index in [1.807, 2.05) is 41.5 Å². The van der Waals surface area contributed by atoms with Crippen molar-refractivity contribution in [2.45, 2.75) is 58.9 Å². The number of methoxy groups -OCH3 is 2. The van der Waals surface area contributed by atoms with E-state index < -0.39 is 17.3 Å². The second kappa shape index (κ2) is 7.30. The van der Waals surface area contributed by atoms with Crippen LogP contribution in [0.2, 0.25) is 0 Å². The van der Waals surface area contributed by atoms with Gasteiger partial charge in [-0.2, -0.15) is 8.78 Å². The lowest BCUT2D eigenvalue weighted by Gasteiger charge is -2.56. The summed E-state index contributed by atoms with van der Waals surface area (Å²) >= 11 is 0. The van der Waals surface area contributed by atoms with E-state index in [1.165, 1.54) is 16.9 Å². The van der Waals surface area contributed by atoms with E-state index in [1.54, 1.807) is 7.11 Å². The number of halogens is 2. The highest BCUT2D eigenvalue weighted by atomic mass is 19.3. The first-order valence-electron chi connectivity index (χ1n) is 8.44. The molecule has 4 nitrogen and oxygen atoms in total. The zero-order valence-corrected chi connectivity index (χ0v) is 15.9. The minimum Gasteiger partial charge on any atom is -0.383 e. The van der Waals surface area contributed by atoms with Crippen LogP contribution >= 0.6 is 0 Å². The Balaban J connectivity index is 3.26. The van der Waals surface area contributed by atoms with Gasteiger partial charge in [-0.15, -0.1) is 0 Å². The van der Waals surface area contributed by atoms with Gasteiger partial charge in [0, 0.05) is 33.9 Å². The topological polar surface area (TPSA) is 24.9 Å². The van der Waals surface area contributed by atoms with Crippen molar-refractivity contribution in [1.29, 1.82) is 0 Å². The van der Waals surface area contributed by atoms with E-state index in [2.05, 4.69) is 0 Å². The molecule has 0 aromatic rings. The van der Waals surface area contributed by atoms with Crippen molar-refractivity contribution in [2.75, 3.05) is 40.5 Å². The summed E-state index contributed by atoms with van der Waals surface area (Å²) in [6, 6.07) is 0. The van der Waals surface area contributed by atoms with Crippen LogP contribution in [0.15, 0.2) is 0 Å². The Hall–Kier alpha value is -0.300. The van der Waals surface area contributed by atoms with Crippen molar-refractivity contribution < 1.29 is 18.3 Å². The Bertz CT molecular complexity index is 393. The molecule has 0 aromatic carbocycles. The molecule has 0 bridgehead atoms. The second-order valence-corrected chi connectivity index (χ2v) is 7.41. The third-order valence-corrected chi connectivity index (χ3v) is 6.08. The molecule has 6 heteroatoms. The third kappa shape index (κ3) is 3.28. The van der Waals surface area contributed by atoms with E-state index in [4.69, 9.17) is 9.47 Å². The predicted octanol–water partition coefficient (Wildman–Crippen LogP) is 3.28. The molecule has 0 N–H and O–H groups in total. The smallest absolute Gasteiger partial charge is 0.370 e. The lowest BCUT2D eigenvalue weighted by Crippen LogP contribution is -2.70. The lowest BCUT2D eigenvalue weighted by molar-refractivity contribution is -0.282. The minimum absolute atomic E-state index is 0.00287. The number of alkyl halides is 2. The van der Waals surface area contributed by atoms with Crippen LogP contribution in [-0.2, 0) is 9.47 Å². The van der Waals surface area contributed by atoms with E-state index in [0.717, 1.165) is 0 Å². The zero-order chi connectivity index (χ0) is 18.1. The van der Waals surface area contributed by atoms with Gasteiger partial charge < -0.3 is 9.47 Å². The van der Waals surface area contributed by atoms with Gasteiger partial charge in [0.1, 0.15) is 0 Å². The maximum Gasteiger partial charge on any atom is 0.370 e. The Kier molecular flexibility index (Phi) is 6.58. The molecule has 1 aliphatic rings. The average molecular weight is 336 g/mol. The highest BCUT2D eigenvalue weighted by Gasteiger charge is 2.63. The van der Waals surface area contributed by atoms with Crippen molar-refractivity contribution in [3.8, 4) is 0 Å². The molecule has 0 aromatic heterocycles. The SMILES string of the molecule is COCCN1CCN(C(C)(C(C)C)C(C)(OC)C(C)C)C1(F)F. The van der Waals surface area contributed by atoms with Crippen LogP contribution in [0, 0.1) is 11.8 Å². The average Bonchev–Trinajstić information content (AvgIpc) is 2.77. The van der Waals surface area contributed by atoms with Gasteiger partial charge in [0.15, 0.2) is 0 Å². The van der Waals surface area contributed by atoms with Gasteiger partial charge >= 0.3 is 6.17 Å². The molecule has 1 saturated heterocycles. The Morgan fingerprint density at radius 3 is 2.00 bits per heavy atom. The zero-order valence-electron chi connectivity index (χ0n) is 15.9. The van der Waals surface area contributed by atoms with E-state index in [9.17, 15) is 0 Å². The Morgan fingerprint density at radius 2 is 1.61 bits per heavy atom. The van der Waals surface area contributed by atoms with Gasteiger partial charge in [0.2, 0.25) is 0 Å². The molecule has 1 fully saturated rings. The van der Waals surface area contributed by atoms with Crippen LogP contribution in [0.3, 0.4) is 0 Å². The standard InChI is InChI=1S/C17H34F2N2O2/c1-13(2)15(5,16(6,23-8)14(3)4)21-10-9-20(11-12-22-7)17(21,18)19/h13-14H,9-12H2,1-8H3. The molecule has 1 aliphatic heterocycles. The predicted molar refractivity (Wildman–Crippen MR) is 88.6 cm³/mol. The maximum atomic E-state index is 15.1. The van der Waals surface area contributed by atoms with Crippen molar-refractivity contribution in [2.24, 2.45) is 11.8 Å². The molecular formula is C17H34F2N2O2. The van der Waals surface area contributed by atoms with Gasteiger partial charge in [-0.25, -0.2) is 9.80 Å². The molecule has 2 unspecified atom stereocenters. The minimum atomic E-state index is -3.01. The molecule has 0 saturated carbocycles. The first-order valence-corrected chi connectivity index (χ1v) is 8.44. The number of hydrogen-bond donors (Lipinski definition) is 0. The quantitative estimate of drug-likeness (QED) is 0.635. The Labute approximate surface area is 140 Å². The summed E-state index contributed by atoms with van der Waals surface area (Å²) in [6.45, 7) is 13.1. The van der Waals surface area contributed by atoms with Crippen LogP contribution in [0.5, 0.6) is 0 Å². The Morgan fingerprint density at radius 1 is 1.04 bits per heavy atom. The summed E-state index contributed by atoms with van der Waals surface area (Å²) in [5, 5.41) is 0. The molecule has 0 amide bonds. The molecule has 1 rings (SSSR count). The fraction of sp³-hybridized carbons (Fsp3) is 1.00. The van der Waals surface area contributed by atoms with Gasteiger partial charge in [-0.1, -0.05) is 27.7 Å². The molecule has 1 heterocycles.